The van der Waals surface area contributed by atoms with Crippen LogP contribution in [0.25, 0.3) is 0 Å². The topological polar surface area (TPSA) is 46.6 Å². The van der Waals surface area contributed by atoms with E-state index < -0.39 is 11.6 Å². The molecule has 2 aliphatic heterocycles. The zero-order valence-electron chi connectivity index (χ0n) is 15.4. The van der Waals surface area contributed by atoms with Crippen LogP contribution in [0.1, 0.15) is 44.2 Å². The van der Waals surface area contributed by atoms with Crippen LogP contribution >= 0.6 is 22.7 Å². The molecule has 0 bridgehead atoms. The van der Waals surface area contributed by atoms with Crippen LogP contribution in [-0.4, -0.2) is 28.9 Å². The van der Waals surface area contributed by atoms with E-state index in [9.17, 15) is 9.59 Å². The summed E-state index contributed by atoms with van der Waals surface area (Å²) in [7, 11) is 0. The van der Waals surface area contributed by atoms with Gasteiger partial charge in [-0.1, -0.05) is 24.3 Å². The van der Waals surface area contributed by atoms with Gasteiger partial charge in [0, 0.05) is 22.7 Å². The lowest BCUT2D eigenvalue weighted by Gasteiger charge is -2.42. The lowest BCUT2D eigenvalue weighted by atomic mass is 9.87. The second-order valence-electron chi connectivity index (χ2n) is 7.42. The number of esters is 1. The third-order valence-electron chi connectivity index (χ3n) is 5.57. The summed E-state index contributed by atoms with van der Waals surface area (Å²) in [6.45, 7) is 2.38. The highest BCUT2D eigenvalue weighted by atomic mass is 32.1. The van der Waals surface area contributed by atoms with Crippen LogP contribution < -0.4 is 0 Å². The van der Waals surface area contributed by atoms with Crippen molar-refractivity contribution in [2.75, 3.05) is 6.54 Å². The molecule has 2 atom stereocenters. The quantitative estimate of drug-likeness (QED) is 0.587. The Hall–Kier alpha value is -2.44. The van der Waals surface area contributed by atoms with Gasteiger partial charge in [-0.3, -0.25) is 4.79 Å². The Labute approximate surface area is 171 Å². The van der Waals surface area contributed by atoms with Crippen LogP contribution in [0.2, 0.25) is 0 Å². The number of hydrogen-bond donors (Lipinski definition) is 0. The van der Waals surface area contributed by atoms with E-state index in [1.807, 2.05) is 34.5 Å². The Kier molecular flexibility index (Phi) is 4.14. The molecular formula is C22H19NO3S2. The Morgan fingerprint density at radius 1 is 1.14 bits per heavy atom. The molecule has 1 amide bonds. The van der Waals surface area contributed by atoms with Crippen molar-refractivity contribution in [3.63, 3.8) is 0 Å². The summed E-state index contributed by atoms with van der Waals surface area (Å²) in [6.07, 6.45) is 1.24. The largest absolute Gasteiger partial charge is 0.445 e. The zero-order valence-corrected chi connectivity index (χ0v) is 17.0. The molecule has 142 valence electrons. The number of carbonyl (C=O) groups is 2. The first-order chi connectivity index (χ1) is 13.6. The van der Waals surface area contributed by atoms with Crippen LogP contribution in [0.4, 0.5) is 0 Å². The molecule has 5 rings (SSSR count). The molecule has 0 saturated heterocycles. The molecule has 0 radical (unpaired) electrons. The normalized spacial score (nSPS) is 23.7. The molecule has 2 aliphatic rings. The first-order valence-electron chi connectivity index (χ1n) is 9.29. The average molecular weight is 410 g/mol. The van der Waals surface area contributed by atoms with Gasteiger partial charge in [0.15, 0.2) is 5.60 Å². The van der Waals surface area contributed by atoms with Crippen molar-refractivity contribution in [1.29, 1.82) is 0 Å². The van der Waals surface area contributed by atoms with Crippen molar-refractivity contribution in [3.8, 4) is 0 Å². The number of benzene rings is 1. The molecule has 3 aromatic rings. The molecule has 4 nitrogen and oxygen atoms in total. The van der Waals surface area contributed by atoms with E-state index in [0.717, 1.165) is 16.9 Å². The Balaban J connectivity index is 1.53. The molecule has 0 spiro atoms. The average Bonchev–Trinajstić information content (AvgIpc) is 3.38. The highest BCUT2D eigenvalue weighted by Crippen LogP contribution is 2.41. The van der Waals surface area contributed by atoms with Crippen LogP contribution in [0.3, 0.4) is 0 Å². The summed E-state index contributed by atoms with van der Waals surface area (Å²) in [5, 5.41) is 4.13. The van der Waals surface area contributed by atoms with E-state index in [1.165, 1.54) is 10.4 Å². The van der Waals surface area contributed by atoms with Gasteiger partial charge in [0.1, 0.15) is 0 Å². The minimum Gasteiger partial charge on any atom is -0.445 e. The Morgan fingerprint density at radius 2 is 2.00 bits per heavy atom. The Bertz CT molecular complexity index is 1060. The molecule has 0 aliphatic carbocycles. The van der Waals surface area contributed by atoms with E-state index in [-0.39, 0.29) is 11.9 Å². The summed E-state index contributed by atoms with van der Waals surface area (Å²) in [4.78, 5) is 30.7. The number of hydrogen-bond acceptors (Lipinski definition) is 5. The molecule has 6 heteroatoms. The number of thiophene rings is 2. The van der Waals surface area contributed by atoms with Crippen molar-refractivity contribution in [2.45, 2.75) is 31.4 Å². The highest BCUT2D eigenvalue weighted by Gasteiger charge is 2.47. The second kappa shape index (κ2) is 6.57. The van der Waals surface area contributed by atoms with Gasteiger partial charge in [-0.05, 0) is 53.4 Å². The maximum absolute atomic E-state index is 13.7. The monoisotopic (exact) mass is 409 g/mol. The van der Waals surface area contributed by atoms with E-state index in [4.69, 9.17) is 4.74 Å². The molecule has 1 aromatic carbocycles. The molecule has 28 heavy (non-hydrogen) atoms. The van der Waals surface area contributed by atoms with Crippen LogP contribution in [0.5, 0.6) is 0 Å². The summed E-state index contributed by atoms with van der Waals surface area (Å²) < 4.78 is 5.73. The fourth-order valence-corrected chi connectivity index (χ4v) is 6.00. The van der Waals surface area contributed by atoms with Gasteiger partial charge in [-0.15, -0.1) is 22.7 Å². The Morgan fingerprint density at radius 3 is 2.82 bits per heavy atom. The third kappa shape index (κ3) is 2.71. The van der Waals surface area contributed by atoms with Gasteiger partial charge in [-0.2, -0.15) is 0 Å². The standard InChI is InChI=1S/C22H19NO3S2/c1-22(13-14-5-2-3-6-15(14)20(24)26-22)21(25)23-10-8-17-16(9-12-28-17)19(23)18-7-4-11-27-18/h2-7,9,11-12,19H,8,10,13H2,1H3. The van der Waals surface area contributed by atoms with Crippen LogP contribution in [0.15, 0.2) is 53.2 Å². The highest BCUT2D eigenvalue weighted by molar-refractivity contribution is 7.10. The summed E-state index contributed by atoms with van der Waals surface area (Å²) in [5.41, 5.74) is 1.43. The minimum absolute atomic E-state index is 0.116. The predicted octanol–water partition coefficient (Wildman–Crippen LogP) is 4.46. The third-order valence-corrected chi connectivity index (χ3v) is 7.50. The van der Waals surface area contributed by atoms with Gasteiger partial charge < -0.3 is 9.64 Å². The lowest BCUT2D eigenvalue weighted by molar-refractivity contribution is -0.153. The lowest BCUT2D eigenvalue weighted by Crippen LogP contribution is -2.55. The number of fused-ring (bicyclic) bond motifs is 2. The summed E-state index contributed by atoms with van der Waals surface area (Å²) in [5.74, 6) is -0.538. The number of carbonyl (C=O) groups excluding carboxylic acids is 2. The summed E-state index contributed by atoms with van der Waals surface area (Å²) in [6, 6.07) is 13.5. The molecular weight excluding hydrogens is 390 g/mol. The zero-order chi connectivity index (χ0) is 19.3. The molecule has 0 saturated carbocycles. The van der Waals surface area contributed by atoms with Crippen LogP contribution in [0, 0.1) is 0 Å². The minimum atomic E-state index is -1.19. The number of rotatable bonds is 2. The number of nitrogens with zero attached hydrogens (tertiary/aromatic N) is 1. The van der Waals surface area contributed by atoms with Crippen molar-refractivity contribution in [2.24, 2.45) is 0 Å². The van der Waals surface area contributed by atoms with E-state index >= 15 is 0 Å². The van der Waals surface area contributed by atoms with Crippen molar-refractivity contribution < 1.29 is 14.3 Å². The molecule has 0 fully saturated rings. The van der Waals surface area contributed by atoms with Gasteiger partial charge in [0.25, 0.3) is 5.91 Å². The molecule has 0 N–H and O–H groups in total. The maximum atomic E-state index is 13.7. The molecule has 2 unspecified atom stereocenters. The predicted molar refractivity (Wildman–Crippen MR) is 110 cm³/mol. The van der Waals surface area contributed by atoms with Gasteiger partial charge in [0.05, 0.1) is 11.6 Å². The van der Waals surface area contributed by atoms with E-state index in [0.29, 0.717) is 18.5 Å². The van der Waals surface area contributed by atoms with Crippen LogP contribution in [-0.2, 0) is 22.4 Å². The van der Waals surface area contributed by atoms with Crippen molar-refractivity contribution >= 4 is 34.6 Å². The van der Waals surface area contributed by atoms with E-state index in [1.54, 1.807) is 35.7 Å². The fourth-order valence-electron chi connectivity index (χ4n) is 4.24. The van der Waals surface area contributed by atoms with Gasteiger partial charge in [-0.25, -0.2) is 4.79 Å². The van der Waals surface area contributed by atoms with E-state index in [2.05, 4.69) is 17.5 Å². The first-order valence-corrected chi connectivity index (χ1v) is 11.0. The fraction of sp³-hybridized carbons (Fsp3) is 0.273. The van der Waals surface area contributed by atoms with Crippen molar-refractivity contribution in [1.82, 2.24) is 4.90 Å². The van der Waals surface area contributed by atoms with Crippen molar-refractivity contribution in [3.05, 3.63) is 79.7 Å². The molecule has 2 aromatic heterocycles. The number of ether oxygens (including phenoxy) is 1. The number of cyclic esters (lactones) is 1. The van der Waals surface area contributed by atoms with Gasteiger partial charge >= 0.3 is 5.97 Å². The number of amides is 1. The summed E-state index contributed by atoms with van der Waals surface area (Å²) >= 11 is 3.40. The SMILES string of the molecule is CC1(C(=O)N2CCc3sccc3C2c2cccs2)Cc2ccccc2C(=O)O1. The van der Waals surface area contributed by atoms with Gasteiger partial charge in [0.2, 0.25) is 0 Å². The first kappa shape index (κ1) is 17.6. The molecule has 4 heterocycles. The second-order valence-corrected chi connectivity index (χ2v) is 9.40. The smallest absolute Gasteiger partial charge is 0.339 e. The maximum Gasteiger partial charge on any atom is 0.339 e.